The van der Waals surface area contributed by atoms with Gasteiger partial charge >= 0.3 is 0 Å². The zero-order chi connectivity index (χ0) is 10.7. The molecule has 78 valence electrons. The number of aliphatic hydroxyl groups is 1. The van der Waals surface area contributed by atoms with Crippen molar-refractivity contribution in [3.05, 3.63) is 42.2 Å². The molecule has 1 heterocycles. The summed E-state index contributed by atoms with van der Waals surface area (Å²) in [7, 11) is 0. The van der Waals surface area contributed by atoms with Crippen LogP contribution in [0.5, 0.6) is 0 Å². The highest BCUT2D eigenvalue weighted by atomic mass is 16.3. The van der Waals surface area contributed by atoms with Crippen LogP contribution in [0.15, 0.2) is 36.5 Å². The quantitative estimate of drug-likeness (QED) is 0.740. The number of aliphatic hydroxyl groups excluding tert-OH is 1. The number of aryl methyl sites for hydroxylation is 1. The standard InChI is InChI=1S/C12H14N2O/c13-12(15)6-5-11-10-4-2-1-3-9(10)7-8-14-11/h1-4,7-8,12,15H,5-6,13H2. The summed E-state index contributed by atoms with van der Waals surface area (Å²) in [5.74, 6) is 0. The summed E-state index contributed by atoms with van der Waals surface area (Å²) < 4.78 is 0. The predicted molar refractivity (Wildman–Crippen MR) is 60.3 cm³/mol. The van der Waals surface area contributed by atoms with Crippen LogP contribution in [0.25, 0.3) is 10.8 Å². The van der Waals surface area contributed by atoms with Crippen LogP contribution in [0.2, 0.25) is 0 Å². The highest BCUT2D eigenvalue weighted by molar-refractivity contribution is 5.84. The van der Waals surface area contributed by atoms with Crippen molar-refractivity contribution >= 4 is 10.8 Å². The summed E-state index contributed by atoms with van der Waals surface area (Å²) in [6, 6.07) is 10.1. The van der Waals surface area contributed by atoms with Crippen molar-refractivity contribution in [1.82, 2.24) is 4.98 Å². The fraction of sp³-hybridized carbons (Fsp3) is 0.250. The smallest absolute Gasteiger partial charge is 0.102 e. The van der Waals surface area contributed by atoms with Crippen molar-refractivity contribution in [2.75, 3.05) is 0 Å². The molecule has 0 aliphatic heterocycles. The highest BCUT2D eigenvalue weighted by Gasteiger charge is 2.03. The third-order valence-corrected chi connectivity index (χ3v) is 2.43. The maximum atomic E-state index is 9.04. The van der Waals surface area contributed by atoms with Gasteiger partial charge < -0.3 is 10.8 Å². The van der Waals surface area contributed by atoms with Gasteiger partial charge in [0.2, 0.25) is 0 Å². The van der Waals surface area contributed by atoms with E-state index in [0.29, 0.717) is 12.8 Å². The lowest BCUT2D eigenvalue weighted by Crippen LogP contribution is -2.19. The molecule has 0 aliphatic rings. The van der Waals surface area contributed by atoms with Crippen molar-refractivity contribution in [1.29, 1.82) is 0 Å². The molecule has 1 aromatic carbocycles. The number of benzene rings is 1. The molecular formula is C12H14N2O. The van der Waals surface area contributed by atoms with Gasteiger partial charge in [0.15, 0.2) is 0 Å². The Morgan fingerprint density at radius 1 is 1.27 bits per heavy atom. The monoisotopic (exact) mass is 202 g/mol. The van der Waals surface area contributed by atoms with Gasteiger partial charge in [-0.05, 0) is 24.3 Å². The highest BCUT2D eigenvalue weighted by Crippen LogP contribution is 2.17. The summed E-state index contributed by atoms with van der Waals surface area (Å²) >= 11 is 0. The molecular weight excluding hydrogens is 188 g/mol. The number of rotatable bonds is 3. The third-order valence-electron chi connectivity index (χ3n) is 2.43. The zero-order valence-electron chi connectivity index (χ0n) is 8.43. The van der Waals surface area contributed by atoms with Crippen molar-refractivity contribution in [3.8, 4) is 0 Å². The van der Waals surface area contributed by atoms with Gasteiger partial charge in [0.1, 0.15) is 6.23 Å². The number of aromatic nitrogens is 1. The van der Waals surface area contributed by atoms with E-state index in [2.05, 4.69) is 11.1 Å². The normalized spacial score (nSPS) is 12.9. The number of fused-ring (bicyclic) bond motifs is 1. The largest absolute Gasteiger partial charge is 0.379 e. The number of nitrogens with zero attached hydrogens (tertiary/aromatic N) is 1. The Bertz CT molecular complexity index is 449. The van der Waals surface area contributed by atoms with Crippen LogP contribution < -0.4 is 5.73 Å². The Kier molecular flexibility index (Phi) is 2.94. The number of hydrogen-bond donors (Lipinski definition) is 2. The molecule has 0 aliphatic carbocycles. The topological polar surface area (TPSA) is 59.1 Å². The summed E-state index contributed by atoms with van der Waals surface area (Å²) in [4.78, 5) is 4.31. The van der Waals surface area contributed by atoms with Gasteiger partial charge in [-0.2, -0.15) is 0 Å². The van der Waals surface area contributed by atoms with Crippen LogP contribution in [0.4, 0.5) is 0 Å². The second-order valence-corrected chi connectivity index (χ2v) is 3.58. The first-order valence-corrected chi connectivity index (χ1v) is 5.03. The molecule has 0 saturated heterocycles. The molecule has 3 nitrogen and oxygen atoms in total. The first-order chi connectivity index (χ1) is 7.27. The molecule has 0 radical (unpaired) electrons. The minimum atomic E-state index is -0.759. The Labute approximate surface area is 88.6 Å². The van der Waals surface area contributed by atoms with Gasteiger partial charge in [0.05, 0.1) is 0 Å². The van der Waals surface area contributed by atoms with Gasteiger partial charge in [0.25, 0.3) is 0 Å². The van der Waals surface area contributed by atoms with Crippen LogP contribution in [0.1, 0.15) is 12.1 Å². The molecule has 0 saturated carbocycles. The molecule has 1 aromatic heterocycles. The summed E-state index contributed by atoms with van der Waals surface area (Å²) in [5, 5.41) is 11.4. The van der Waals surface area contributed by atoms with Crippen molar-refractivity contribution in [3.63, 3.8) is 0 Å². The van der Waals surface area contributed by atoms with E-state index in [1.54, 1.807) is 6.20 Å². The van der Waals surface area contributed by atoms with Crippen molar-refractivity contribution in [2.24, 2.45) is 5.73 Å². The first-order valence-electron chi connectivity index (χ1n) is 5.03. The number of nitrogens with two attached hydrogens (primary N) is 1. The van der Waals surface area contributed by atoms with E-state index >= 15 is 0 Å². The van der Waals surface area contributed by atoms with E-state index < -0.39 is 6.23 Å². The van der Waals surface area contributed by atoms with Crippen LogP contribution in [0.3, 0.4) is 0 Å². The molecule has 2 aromatic rings. The average Bonchev–Trinajstić information content (AvgIpc) is 2.26. The Morgan fingerprint density at radius 2 is 2.07 bits per heavy atom. The van der Waals surface area contributed by atoms with E-state index in [0.717, 1.165) is 11.1 Å². The van der Waals surface area contributed by atoms with E-state index in [1.165, 1.54) is 5.39 Å². The molecule has 0 fully saturated rings. The fourth-order valence-corrected chi connectivity index (χ4v) is 1.67. The van der Waals surface area contributed by atoms with E-state index in [9.17, 15) is 0 Å². The molecule has 0 bridgehead atoms. The van der Waals surface area contributed by atoms with Gasteiger partial charge in [-0.3, -0.25) is 4.98 Å². The van der Waals surface area contributed by atoms with Gasteiger partial charge in [-0.25, -0.2) is 0 Å². The Balaban J connectivity index is 2.34. The summed E-state index contributed by atoms with van der Waals surface area (Å²) in [6.45, 7) is 0. The SMILES string of the molecule is NC(O)CCc1nccc2ccccc12. The van der Waals surface area contributed by atoms with Crippen LogP contribution in [-0.4, -0.2) is 16.3 Å². The average molecular weight is 202 g/mol. The molecule has 0 spiro atoms. The second kappa shape index (κ2) is 4.38. The fourth-order valence-electron chi connectivity index (χ4n) is 1.67. The van der Waals surface area contributed by atoms with Gasteiger partial charge in [0, 0.05) is 17.3 Å². The summed E-state index contributed by atoms with van der Waals surface area (Å²) in [6.07, 6.45) is 2.28. The second-order valence-electron chi connectivity index (χ2n) is 3.58. The maximum Gasteiger partial charge on any atom is 0.102 e. The summed E-state index contributed by atoms with van der Waals surface area (Å²) in [5.41, 5.74) is 6.31. The predicted octanol–water partition coefficient (Wildman–Crippen LogP) is 1.44. The van der Waals surface area contributed by atoms with E-state index in [1.807, 2.05) is 24.3 Å². The molecule has 1 unspecified atom stereocenters. The molecule has 1 atom stereocenters. The molecule has 15 heavy (non-hydrogen) atoms. The van der Waals surface area contributed by atoms with Crippen LogP contribution in [0, 0.1) is 0 Å². The number of pyridine rings is 1. The molecule has 3 N–H and O–H groups in total. The van der Waals surface area contributed by atoms with Gasteiger partial charge in [-0.1, -0.05) is 24.3 Å². The molecule has 0 amide bonds. The lowest BCUT2D eigenvalue weighted by molar-refractivity contribution is 0.172. The molecule has 2 rings (SSSR count). The molecule has 3 heteroatoms. The first kappa shape index (κ1) is 10.1. The Hall–Kier alpha value is -1.45. The lowest BCUT2D eigenvalue weighted by atomic mass is 10.1. The van der Waals surface area contributed by atoms with Crippen molar-refractivity contribution in [2.45, 2.75) is 19.1 Å². The van der Waals surface area contributed by atoms with E-state index in [4.69, 9.17) is 10.8 Å². The Morgan fingerprint density at radius 3 is 2.87 bits per heavy atom. The van der Waals surface area contributed by atoms with Crippen LogP contribution >= 0.6 is 0 Å². The van der Waals surface area contributed by atoms with E-state index in [-0.39, 0.29) is 0 Å². The minimum Gasteiger partial charge on any atom is -0.379 e. The maximum absolute atomic E-state index is 9.04. The number of hydrogen-bond acceptors (Lipinski definition) is 3. The van der Waals surface area contributed by atoms with Crippen molar-refractivity contribution < 1.29 is 5.11 Å². The zero-order valence-corrected chi connectivity index (χ0v) is 8.43. The third kappa shape index (κ3) is 2.32. The lowest BCUT2D eigenvalue weighted by Gasteiger charge is -2.06. The minimum absolute atomic E-state index is 0.543. The van der Waals surface area contributed by atoms with Crippen LogP contribution in [-0.2, 0) is 6.42 Å². The van der Waals surface area contributed by atoms with Gasteiger partial charge in [-0.15, -0.1) is 0 Å².